The fourth-order valence-corrected chi connectivity index (χ4v) is 3.45. The zero-order chi connectivity index (χ0) is 21.3. The second-order valence-corrected chi connectivity index (χ2v) is 7.30. The third-order valence-electron chi connectivity index (χ3n) is 5.12. The van der Waals surface area contributed by atoms with E-state index < -0.39 is 0 Å². The van der Waals surface area contributed by atoms with Crippen LogP contribution in [0.15, 0.2) is 60.7 Å². The maximum Gasteiger partial charge on any atom is 0.305 e. The van der Waals surface area contributed by atoms with E-state index in [1.54, 1.807) is 12.1 Å². The summed E-state index contributed by atoms with van der Waals surface area (Å²) in [6.07, 6.45) is 4.20. The number of ether oxygens (including phenoxy) is 1. The molecule has 0 saturated heterocycles. The minimum atomic E-state index is -0.190. The number of nitrogens with one attached hydrogen (secondary N) is 1. The van der Waals surface area contributed by atoms with Gasteiger partial charge in [0.1, 0.15) is 5.75 Å². The van der Waals surface area contributed by atoms with Crippen molar-refractivity contribution in [3.05, 3.63) is 66.4 Å². The highest BCUT2D eigenvalue weighted by atomic mass is 16.5. The number of carbonyl (C=O) groups is 2. The summed E-state index contributed by atoms with van der Waals surface area (Å²) < 4.78 is 4.64. The van der Waals surface area contributed by atoms with Gasteiger partial charge in [-0.05, 0) is 42.2 Å². The monoisotopic (exact) mass is 405 g/mol. The predicted octanol–water partition coefficient (Wildman–Crippen LogP) is 5.75. The molecule has 5 heteroatoms. The Balaban J connectivity index is 1.72. The van der Waals surface area contributed by atoms with Crippen LogP contribution in [0.2, 0.25) is 0 Å². The summed E-state index contributed by atoms with van der Waals surface area (Å²) in [6.45, 7) is 0. The van der Waals surface area contributed by atoms with Gasteiger partial charge >= 0.3 is 5.97 Å². The number of phenolic OH excluding ortho intramolecular Hbond substituents is 1. The molecule has 30 heavy (non-hydrogen) atoms. The van der Waals surface area contributed by atoms with E-state index >= 15 is 0 Å². The average molecular weight is 405 g/mol. The smallest absolute Gasteiger partial charge is 0.305 e. The Hall–Kier alpha value is -3.34. The van der Waals surface area contributed by atoms with Crippen molar-refractivity contribution in [3.63, 3.8) is 0 Å². The second kappa shape index (κ2) is 10.4. The molecule has 0 saturated carbocycles. The number of benzene rings is 2. The van der Waals surface area contributed by atoms with Crippen LogP contribution in [0.5, 0.6) is 5.75 Å². The van der Waals surface area contributed by atoms with Crippen LogP contribution < -0.4 is 0 Å². The van der Waals surface area contributed by atoms with Gasteiger partial charge < -0.3 is 14.8 Å². The Morgan fingerprint density at radius 3 is 2.20 bits per heavy atom. The largest absolute Gasteiger partial charge is 0.508 e. The molecule has 0 spiro atoms. The van der Waals surface area contributed by atoms with Gasteiger partial charge in [0.25, 0.3) is 0 Å². The highest BCUT2D eigenvalue weighted by Crippen LogP contribution is 2.31. The highest BCUT2D eigenvalue weighted by Gasteiger charge is 2.17. The fraction of sp³-hybridized carbons (Fsp3) is 0.280. The third kappa shape index (κ3) is 5.60. The normalized spacial score (nSPS) is 10.7. The number of rotatable bonds is 10. The van der Waals surface area contributed by atoms with E-state index in [2.05, 4.69) is 9.72 Å². The Labute approximate surface area is 176 Å². The number of aromatic hydroxyl groups is 1. The minimum absolute atomic E-state index is 0.0632. The van der Waals surface area contributed by atoms with Crippen LogP contribution in [0, 0.1) is 0 Å². The van der Waals surface area contributed by atoms with Crippen LogP contribution in [0.4, 0.5) is 0 Å². The number of phenols is 1. The van der Waals surface area contributed by atoms with Crippen LogP contribution in [0.25, 0.3) is 22.4 Å². The van der Waals surface area contributed by atoms with Crippen molar-refractivity contribution in [2.75, 3.05) is 7.11 Å². The summed E-state index contributed by atoms with van der Waals surface area (Å²) in [6, 6.07) is 18.8. The van der Waals surface area contributed by atoms with E-state index in [1.807, 2.05) is 48.5 Å². The van der Waals surface area contributed by atoms with Crippen LogP contribution >= 0.6 is 0 Å². The molecule has 3 aromatic rings. The predicted molar refractivity (Wildman–Crippen MR) is 117 cm³/mol. The molecule has 0 fully saturated rings. The molecule has 1 heterocycles. The quantitative estimate of drug-likeness (QED) is 0.256. The number of aromatic amines is 1. The van der Waals surface area contributed by atoms with Gasteiger partial charge in [-0.2, -0.15) is 0 Å². The second-order valence-electron chi connectivity index (χ2n) is 7.30. The summed E-state index contributed by atoms with van der Waals surface area (Å²) in [5.41, 5.74) is 4.21. The van der Waals surface area contributed by atoms with Gasteiger partial charge in [-0.3, -0.25) is 9.59 Å². The molecule has 0 atom stereocenters. The molecule has 2 N–H and O–H groups in total. The number of unbranched alkanes of at least 4 members (excludes halogenated alkanes) is 3. The van der Waals surface area contributed by atoms with Crippen molar-refractivity contribution in [2.24, 2.45) is 0 Å². The molecule has 3 rings (SSSR count). The molecule has 0 bridgehead atoms. The standard InChI is InChI=1S/C25H27NO4/c1-30-24(29)12-8-3-2-7-11-23(28)25-21(18-13-15-20(27)16-14-18)17-22(26-25)19-9-5-4-6-10-19/h4-6,9-10,13-17,26-27H,2-3,7-8,11-12H2,1H3. The van der Waals surface area contributed by atoms with Gasteiger partial charge in [-0.15, -0.1) is 0 Å². The molecular formula is C25H27NO4. The van der Waals surface area contributed by atoms with Crippen molar-refractivity contribution in [1.82, 2.24) is 4.98 Å². The summed E-state index contributed by atoms with van der Waals surface area (Å²) in [4.78, 5) is 27.4. The molecule has 0 amide bonds. The van der Waals surface area contributed by atoms with Crippen molar-refractivity contribution in [2.45, 2.75) is 38.5 Å². The van der Waals surface area contributed by atoms with Crippen LogP contribution in [0.3, 0.4) is 0 Å². The minimum Gasteiger partial charge on any atom is -0.508 e. The van der Waals surface area contributed by atoms with Crippen molar-refractivity contribution in [1.29, 1.82) is 0 Å². The molecule has 1 aromatic heterocycles. The highest BCUT2D eigenvalue weighted by molar-refractivity contribution is 6.02. The van der Waals surface area contributed by atoms with E-state index in [9.17, 15) is 14.7 Å². The zero-order valence-corrected chi connectivity index (χ0v) is 17.2. The maximum atomic E-state index is 13.0. The maximum absolute atomic E-state index is 13.0. The van der Waals surface area contributed by atoms with E-state index in [0.717, 1.165) is 48.1 Å². The third-order valence-corrected chi connectivity index (χ3v) is 5.12. The van der Waals surface area contributed by atoms with E-state index in [0.29, 0.717) is 18.5 Å². The number of Topliss-reactive ketones (excluding diaryl/α,β-unsaturated/α-hetero) is 1. The first-order chi connectivity index (χ1) is 14.6. The molecule has 0 radical (unpaired) electrons. The number of ketones is 1. The first-order valence-electron chi connectivity index (χ1n) is 10.3. The molecule has 2 aromatic carbocycles. The average Bonchev–Trinajstić information content (AvgIpc) is 3.22. The fourth-order valence-electron chi connectivity index (χ4n) is 3.45. The van der Waals surface area contributed by atoms with Crippen molar-refractivity contribution in [3.8, 4) is 28.1 Å². The number of carbonyl (C=O) groups excluding carboxylic acids is 2. The van der Waals surface area contributed by atoms with Gasteiger partial charge in [-0.1, -0.05) is 55.3 Å². The van der Waals surface area contributed by atoms with Crippen LogP contribution in [0.1, 0.15) is 49.0 Å². The van der Waals surface area contributed by atoms with E-state index in [1.165, 1.54) is 7.11 Å². The summed E-state index contributed by atoms with van der Waals surface area (Å²) in [7, 11) is 1.40. The Kier molecular flexibility index (Phi) is 7.44. The number of hydrogen-bond acceptors (Lipinski definition) is 4. The number of esters is 1. The molecular weight excluding hydrogens is 378 g/mol. The van der Waals surface area contributed by atoms with E-state index in [-0.39, 0.29) is 17.5 Å². The van der Waals surface area contributed by atoms with Crippen molar-refractivity contribution >= 4 is 11.8 Å². The Morgan fingerprint density at radius 1 is 0.867 bits per heavy atom. The Morgan fingerprint density at radius 2 is 1.53 bits per heavy atom. The number of H-pyrrole nitrogens is 1. The summed E-state index contributed by atoms with van der Waals surface area (Å²) >= 11 is 0. The Bertz CT molecular complexity index is 974. The van der Waals surface area contributed by atoms with Gasteiger partial charge in [0, 0.05) is 24.1 Å². The number of aromatic nitrogens is 1. The lowest BCUT2D eigenvalue weighted by Crippen LogP contribution is -2.02. The molecule has 0 aliphatic heterocycles. The molecule has 0 aliphatic rings. The van der Waals surface area contributed by atoms with Gasteiger partial charge in [0.2, 0.25) is 0 Å². The lowest BCUT2D eigenvalue weighted by atomic mass is 10.0. The SMILES string of the molecule is COC(=O)CCCCCCC(=O)c1[nH]c(-c2ccccc2)cc1-c1ccc(O)cc1. The van der Waals surface area contributed by atoms with Gasteiger partial charge in [0.05, 0.1) is 12.8 Å². The van der Waals surface area contributed by atoms with Crippen LogP contribution in [-0.2, 0) is 9.53 Å². The van der Waals surface area contributed by atoms with Crippen molar-refractivity contribution < 1.29 is 19.4 Å². The van der Waals surface area contributed by atoms with Gasteiger partial charge in [-0.25, -0.2) is 0 Å². The lowest BCUT2D eigenvalue weighted by Gasteiger charge is -2.05. The summed E-state index contributed by atoms with van der Waals surface area (Å²) in [5.74, 6) is 0.0649. The van der Waals surface area contributed by atoms with Crippen LogP contribution in [-0.4, -0.2) is 29.0 Å². The first kappa shape index (κ1) is 21.4. The number of methoxy groups -OCH3 is 1. The molecule has 0 unspecified atom stereocenters. The zero-order valence-electron chi connectivity index (χ0n) is 17.2. The number of hydrogen-bond donors (Lipinski definition) is 2. The van der Waals surface area contributed by atoms with Gasteiger partial charge in [0.15, 0.2) is 5.78 Å². The summed E-state index contributed by atoms with van der Waals surface area (Å²) in [5, 5.41) is 9.60. The molecule has 156 valence electrons. The van der Waals surface area contributed by atoms with E-state index in [4.69, 9.17) is 0 Å². The molecule has 5 nitrogen and oxygen atoms in total. The molecule has 0 aliphatic carbocycles. The first-order valence-corrected chi connectivity index (χ1v) is 10.3. The topological polar surface area (TPSA) is 79.4 Å². The lowest BCUT2D eigenvalue weighted by molar-refractivity contribution is -0.140.